The molecule has 1 atom stereocenters. The highest BCUT2D eigenvalue weighted by atomic mass is 16.3. The van der Waals surface area contributed by atoms with Gasteiger partial charge in [0.1, 0.15) is 5.75 Å². The smallest absolute Gasteiger partial charge is 0.143 e. The molecule has 0 aromatic heterocycles. The number of aryl methyl sites for hydroxylation is 1. The van der Waals surface area contributed by atoms with Crippen LogP contribution in [0.2, 0.25) is 0 Å². The van der Waals surface area contributed by atoms with Gasteiger partial charge in [-0.2, -0.15) is 0 Å². The van der Waals surface area contributed by atoms with E-state index < -0.39 is 0 Å². The molecule has 0 radical (unpaired) electrons. The lowest BCUT2D eigenvalue weighted by Gasteiger charge is -2.43. The quantitative estimate of drug-likeness (QED) is 0.573. The first-order valence-electron chi connectivity index (χ1n) is 7.35. The monoisotopic (exact) mass is 277 g/mol. The molecule has 1 saturated heterocycles. The summed E-state index contributed by atoms with van der Waals surface area (Å²) in [6.07, 6.45) is 0. The number of phenols is 1. The van der Waals surface area contributed by atoms with Crippen molar-refractivity contribution in [3.63, 3.8) is 0 Å². The van der Waals surface area contributed by atoms with E-state index in [0.29, 0.717) is 5.69 Å². The summed E-state index contributed by atoms with van der Waals surface area (Å²) >= 11 is 0. The Morgan fingerprint density at radius 3 is 2.40 bits per heavy atom. The van der Waals surface area contributed by atoms with Crippen molar-refractivity contribution in [2.24, 2.45) is 5.41 Å². The molecule has 0 saturated carbocycles. The maximum absolute atomic E-state index is 10.5. The highest BCUT2D eigenvalue weighted by Gasteiger charge is 2.35. The second kappa shape index (κ2) is 5.62. The molecule has 1 fully saturated rings. The number of anilines is 1. The standard InChI is InChI=1S/C16H27N3O/c1-11-5-6-12(17)14(20)13(11)15(16(2,3)4)19-9-7-18-8-10-19/h5-6,15,18,20H,7-10,17H2,1-4H3/t15-/m0/s1. The van der Waals surface area contributed by atoms with Crippen LogP contribution in [-0.2, 0) is 0 Å². The predicted molar refractivity (Wildman–Crippen MR) is 83.9 cm³/mol. The molecule has 1 aliphatic rings. The number of phenolic OH excluding ortho intramolecular Hbond substituents is 1. The van der Waals surface area contributed by atoms with Gasteiger partial charge in [0.15, 0.2) is 0 Å². The van der Waals surface area contributed by atoms with E-state index >= 15 is 0 Å². The minimum Gasteiger partial charge on any atom is -0.505 e. The van der Waals surface area contributed by atoms with E-state index in [1.807, 2.05) is 6.07 Å². The number of hydrogen-bond acceptors (Lipinski definition) is 4. The molecule has 0 amide bonds. The Bertz CT molecular complexity index is 473. The SMILES string of the molecule is Cc1ccc(N)c(O)c1[C@H](N1CCNCC1)C(C)(C)C. The van der Waals surface area contributed by atoms with Crippen LogP contribution in [0.25, 0.3) is 0 Å². The summed E-state index contributed by atoms with van der Waals surface area (Å²) in [5.41, 5.74) is 8.51. The van der Waals surface area contributed by atoms with Gasteiger partial charge in [0.25, 0.3) is 0 Å². The molecule has 0 aliphatic carbocycles. The Balaban J connectivity index is 2.49. The Hall–Kier alpha value is -1.26. The molecule has 4 N–H and O–H groups in total. The molecule has 1 aromatic carbocycles. The van der Waals surface area contributed by atoms with Gasteiger partial charge in [-0.05, 0) is 24.0 Å². The van der Waals surface area contributed by atoms with Crippen molar-refractivity contribution in [2.45, 2.75) is 33.7 Å². The topological polar surface area (TPSA) is 61.5 Å². The lowest BCUT2D eigenvalue weighted by Crippen LogP contribution is -2.48. The van der Waals surface area contributed by atoms with Gasteiger partial charge in [-0.15, -0.1) is 0 Å². The number of piperazine rings is 1. The van der Waals surface area contributed by atoms with Crippen LogP contribution < -0.4 is 11.1 Å². The van der Waals surface area contributed by atoms with Crippen molar-refractivity contribution < 1.29 is 5.11 Å². The van der Waals surface area contributed by atoms with Crippen molar-refractivity contribution in [3.05, 3.63) is 23.3 Å². The fraction of sp³-hybridized carbons (Fsp3) is 0.625. The molecule has 1 aliphatic heterocycles. The van der Waals surface area contributed by atoms with Crippen LogP contribution in [0.15, 0.2) is 12.1 Å². The van der Waals surface area contributed by atoms with E-state index in [2.05, 4.69) is 37.9 Å². The van der Waals surface area contributed by atoms with Crippen LogP contribution in [0.1, 0.15) is 37.9 Å². The number of nitrogen functional groups attached to an aromatic ring is 1. The Labute approximate surface area is 122 Å². The number of benzene rings is 1. The van der Waals surface area contributed by atoms with E-state index in [9.17, 15) is 5.11 Å². The minimum absolute atomic E-state index is 0.0351. The van der Waals surface area contributed by atoms with Crippen LogP contribution >= 0.6 is 0 Å². The average Bonchev–Trinajstić information content (AvgIpc) is 2.39. The molecule has 20 heavy (non-hydrogen) atoms. The van der Waals surface area contributed by atoms with Gasteiger partial charge in [0.05, 0.1) is 5.69 Å². The van der Waals surface area contributed by atoms with Gasteiger partial charge in [-0.25, -0.2) is 0 Å². The highest BCUT2D eigenvalue weighted by Crippen LogP contribution is 2.44. The zero-order valence-electron chi connectivity index (χ0n) is 13.0. The third-order valence-corrected chi connectivity index (χ3v) is 4.08. The first kappa shape index (κ1) is 15.1. The molecule has 0 unspecified atom stereocenters. The summed E-state index contributed by atoms with van der Waals surface area (Å²) in [4.78, 5) is 2.46. The third-order valence-electron chi connectivity index (χ3n) is 4.08. The number of rotatable bonds is 2. The number of nitrogens with two attached hydrogens (primary N) is 1. The maximum Gasteiger partial charge on any atom is 0.143 e. The van der Waals surface area contributed by atoms with Crippen molar-refractivity contribution >= 4 is 5.69 Å². The molecular formula is C16H27N3O. The lowest BCUT2D eigenvalue weighted by atomic mass is 9.79. The lowest BCUT2D eigenvalue weighted by molar-refractivity contribution is 0.0838. The summed E-state index contributed by atoms with van der Waals surface area (Å²) in [6.45, 7) is 12.7. The third kappa shape index (κ3) is 2.91. The molecule has 1 aromatic rings. The van der Waals surface area contributed by atoms with Crippen LogP contribution in [0.4, 0.5) is 5.69 Å². The van der Waals surface area contributed by atoms with Gasteiger partial charge < -0.3 is 16.2 Å². The van der Waals surface area contributed by atoms with Gasteiger partial charge in [-0.3, -0.25) is 4.90 Å². The molecule has 1 heterocycles. The van der Waals surface area contributed by atoms with Gasteiger partial charge in [0, 0.05) is 37.8 Å². The van der Waals surface area contributed by atoms with Crippen molar-refractivity contribution in [2.75, 3.05) is 31.9 Å². The fourth-order valence-corrected chi connectivity index (χ4v) is 3.17. The number of hydrogen-bond donors (Lipinski definition) is 3. The summed E-state index contributed by atoms with van der Waals surface area (Å²) in [5.74, 6) is 0.253. The number of aromatic hydroxyl groups is 1. The second-order valence-corrected chi connectivity index (χ2v) is 6.79. The second-order valence-electron chi connectivity index (χ2n) is 6.79. The maximum atomic E-state index is 10.5. The summed E-state index contributed by atoms with van der Waals surface area (Å²) in [5, 5.41) is 13.9. The van der Waals surface area contributed by atoms with Crippen LogP contribution in [0.3, 0.4) is 0 Å². The predicted octanol–water partition coefficient (Wildman–Crippen LogP) is 2.28. The van der Waals surface area contributed by atoms with E-state index in [-0.39, 0.29) is 17.2 Å². The largest absolute Gasteiger partial charge is 0.505 e. The first-order chi connectivity index (χ1) is 9.32. The minimum atomic E-state index is 0.0351. The Morgan fingerprint density at radius 2 is 1.85 bits per heavy atom. The molecule has 0 spiro atoms. The number of nitrogens with zero attached hydrogens (tertiary/aromatic N) is 1. The zero-order chi connectivity index (χ0) is 14.9. The highest BCUT2D eigenvalue weighted by molar-refractivity contribution is 5.59. The zero-order valence-corrected chi connectivity index (χ0v) is 13.0. The van der Waals surface area contributed by atoms with Crippen molar-refractivity contribution in [1.82, 2.24) is 10.2 Å². The van der Waals surface area contributed by atoms with Crippen molar-refractivity contribution in [1.29, 1.82) is 0 Å². The fourth-order valence-electron chi connectivity index (χ4n) is 3.17. The molecule has 2 rings (SSSR count). The van der Waals surface area contributed by atoms with Gasteiger partial charge in [0.2, 0.25) is 0 Å². The van der Waals surface area contributed by atoms with E-state index in [1.165, 1.54) is 0 Å². The van der Waals surface area contributed by atoms with Crippen molar-refractivity contribution in [3.8, 4) is 5.75 Å². The molecule has 4 nitrogen and oxygen atoms in total. The van der Waals surface area contributed by atoms with Crippen LogP contribution in [0.5, 0.6) is 5.75 Å². The van der Waals surface area contributed by atoms with Gasteiger partial charge in [-0.1, -0.05) is 26.8 Å². The summed E-state index contributed by atoms with van der Waals surface area (Å²) in [6, 6.07) is 3.96. The normalized spacial score (nSPS) is 19.0. The molecule has 112 valence electrons. The Kier molecular flexibility index (Phi) is 4.25. The first-order valence-corrected chi connectivity index (χ1v) is 7.35. The average molecular weight is 277 g/mol. The molecule has 0 bridgehead atoms. The molecule has 4 heteroatoms. The van der Waals surface area contributed by atoms with E-state index in [1.54, 1.807) is 6.07 Å². The van der Waals surface area contributed by atoms with Gasteiger partial charge >= 0.3 is 0 Å². The van der Waals surface area contributed by atoms with E-state index in [0.717, 1.165) is 37.3 Å². The van der Waals surface area contributed by atoms with E-state index in [4.69, 9.17) is 5.73 Å². The summed E-state index contributed by atoms with van der Waals surface area (Å²) in [7, 11) is 0. The van der Waals surface area contributed by atoms with Crippen LogP contribution in [-0.4, -0.2) is 36.2 Å². The van der Waals surface area contributed by atoms with Crippen LogP contribution in [0, 0.1) is 12.3 Å². The number of nitrogens with one attached hydrogen (secondary N) is 1. The summed E-state index contributed by atoms with van der Waals surface area (Å²) < 4.78 is 0. The Morgan fingerprint density at radius 1 is 1.25 bits per heavy atom. The molecular weight excluding hydrogens is 250 g/mol.